The largest absolute Gasteiger partial charge is 0.384 e. The van der Waals surface area contributed by atoms with E-state index in [0.717, 1.165) is 24.9 Å². The fraction of sp³-hybridized carbons (Fsp3) is 0.538. The maximum atomic E-state index is 5.05. The number of thioether (sulfide) groups is 1. The molecule has 2 nitrogen and oxygen atoms in total. The summed E-state index contributed by atoms with van der Waals surface area (Å²) in [6.45, 7) is 1.82. The summed E-state index contributed by atoms with van der Waals surface area (Å²) < 4.78 is 5.05. The molecular formula is C13H19NOS. The highest BCUT2D eigenvalue weighted by molar-refractivity contribution is 7.99. The standard InChI is InChI=1S/C13H19NOS/c1-15-7-8-16-13-4-2-3-11(9-13)10-14-12-5-6-12/h2-4,9,12,14H,5-8,10H2,1H3. The maximum absolute atomic E-state index is 5.05. The van der Waals surface area contributed by atoms with Gasteiger partial charge in [0.05, 0.1) is 6.61 Å². The van der Waals surface area contributed by atoms with E-state index in [1.807, 2.05) is 11.8 Å². The molecule has 1 aliphatic rings. The Bertz CT molecular complexity index is 325. The Morgan fingerprint density at radius 3 is 3.06 bits per heavy atom. The predicted octanol–water partition coefficient (Wildman–Crippen LogP) is 2.68. The third kappa shape index (κ3) is 4.16. The van der Waals surface area contributed by atoms with Crippen molar-refractivity contribution < 1.29 is 4.74 Å². The lowest BCUT2D eigenvalue weighted by Gasteiger charge is -2.06. The molecule has 3 heteroatoms. The van der Waals surface area contributed by atoms with Crippen molar-refractivity contribution in [2.75, 3.05) is 19.5 Å². The van der Waals surface area contributed by atoms with Crippen LogP contribution in [0.3, 0.4) is 0 Å². The molecule has 1 aromatic carbocycles. The van der Waals surface area contributed by atoms with Gasteiger partial charge in [0.25, 0.3) is 0 Å². The molecule has 1 aromatic rings. The van der Waals surface area contributed by atoms with Crippen LogP contribution in [0.2, 0.25) is 0 Å². The highest BCUT2D eigenvalue weighted by Gasteiger charge is 2.19. The normalized spacial score (nSPS) is 15.3. The average molecular weight is 237 g/mol. The Labute approximate surface area is 102 Å². The van der Waals surface area contributed by atoms with Gasteiger partial charge in [-0.05, 0) is 30.5 Å². The van der Waals surface area contributed by atoms with Crippen LogP contribution in [0.1, 0.15) is 18.4 Å². The molecule has 16 heavy (non-hydrogen) atoms. The summed E-state index contributed by atoms with van der Waals surface area (Å²) in [5.41, 5.74) is 1.38. The second kappa shape index (κ2) is 6.28. The zero-order valence-electron chi connectivity index (χ0n) is 9.74. The molecule has 2 rings (SSSR count). The second-order valence-corrected chi connectivity index (χ2v) is 5.31. The molecule has 1 saturated carbocycles. The van der Waals surface area contributed by atoms with Gasteiger partial charge in [-0.2, -0.15) is 0 Å². The first-order valence-electron chi connectivity index (χ1n) is 5.82. The van der Waals surface area contributed by atoms with E-state index in [0.29, 0.717) is 0 Å². The Morgan fingerprint density at radius 1 is 1.44 bits per heavy atom. The van der Waals surface area contributed by atoms with Gasteiger partial charge < -0.3 is 10.1 Å². The molecule has 0 spiro atoms. The molecule has 0 aromatic heterocycles. The minimum Gasteiger partial charge on any atom is -0.384 e. The van der Waals surface area contributed by atoms with Crippen molar-refractivity contribution in [2.24, 2.45) is 0 Å². The van der Waals surface area contributed by atoms with Crippen LogP contribution in [-0.2, 0) is 11.3 Å². The molecule has 0 radical (unpaired) electrons. The van der Waals surface area contributed by atoms with Crippen LogP contribution < -0.4 is 5.32 Å². The first kappa shape index (κ1) is 12.0. The van der Waals surface area contributed by atoms with Gasteiger partial charge in [-0.25, -0.2) is 0 Å². The van der Waals surface area contributed by atoms with Crippen LogP contribution in [0, 0.1) is 0 Å². The van der Waals surface area contributed by atoms with E-state index in [-0.39, 0.29) is 0 Å². The van der Waals surface area contributed by atoms with Crippen molar-refractivity contribution >= 4 is 11.8 Å². The van der Waals surface area contributed by atoms with Gasteiger partial charge in [0.1, 0.15) is 0 Å². The topological polar surface area (TPSA) is 21.3 Å². The molecule has 0 saturated heterocycles. The maximum Gasteiger partial charge on any atom is 0.0556 e. The Kier molecular flexibility index (Phi) is 4.69. The summed E-state index contributed by atoms with van der Waals surface area (Å²) in [7, 11) is 1.75. The van der Waals surface area contributed by atoms with Crippen molar-refractivity contribution in [2.45, 2.75) is 30.3 Å². The van der Waals surface area contributed by atoms with Crippen LogP contribution in [0.25, 0.3) is 0 Å². The molecule has 0 atom stereocenters. The zero-order valence-corrected chi connectivity index (χ0v) is 10.6. The van der Waals surface area contributed by atoms with Gasteiger partial charge in [-0.3, -0.25) is 0 Å². The number of nitrogens with one attached hydrogen (secondary N) is 1. The van der Waals surface area contributed by atoms with E-state index in [1.165, 1.54) is 23.3 Å². The Hall–Kier alpha value is -0.510. The van der Waals surface area contributed by atoms with Gasteiger partial charge in [-0.15, -0.1) is 11.8 Å². The van der Waals surface area contributed by atoms with Crippen molar-refractivity contribution in [3.63, 3.8) is 0 Å². The molecular weight excluding hydrogens is 218 g/mol. The summed E-state index contributed by atoms with van der Waals surface area (Å²) in [4.78, 5) is 1.34. The highest BCUT2D eigenvalue weighted by atomic mass is 32.2. The van der Waals surface area contributed by atoms with Crippen molar-refractivity contribution in [1.29, 1.82) is 0 Å². The Morgan fingerprint density at radius 2 is 2.31 bits per heavy atom. The lowest BCUT2D eigenvalue weighted by Crippen LogP contribution is -2.15. The van der Waals surface area contributed by atoms with Gasteiger partial charge in [0, 0.05) is 30.3 Å². The number of hydrogen-bond acceptors (Lipinski definition) is 3. The van der Waals surface area contributed by atoms with Crippen LogP contribution in [0.15, 0.2) is 29.2 Å². The number of ether oxygens (including phenoxy) is 1. The molecule has 0 bridgehead atoms. The fourth-order valence-corrected chi connectivity index (χ4v) is 2.43. The summed E-state index contributed by atoms with van der Waals surface area (Å²) in [6.07, 6.45) is 2.70. The number of hydrogen-bond donors (Lipinski definition) is 1. The van der Waals surface area contributed by atoms with E-state index < -0.39 is 0 Å². The second-order valence-electron chi connectivity index (χ2n) is 4.14. The minimum absolute atomic E-state index is 0.782. The summed E-state index contributed by atoms with van der Waals surface area (Å²) in [5, 5.41) is 3.53. The lowest BCUT2D eigenvalue weighted by molar-refractivity contribution is 0.218. The van der Waals surface area contributed by atoms with Crippen molar-refractivity contribution in [1.82, 2.24) is 5.32 Å². The van der Waals surface area contributed by atoms with Gasteiger partial charge >= 0.3 is 0 Å². The summed E-state index contributed by atoms with van der Waals surface area (Å²) in [5.74, 6) is 1.02. The molecule has 1 aliphatic carbocycles. The summed E-state index contributed by atoms with van der Waals surface area (Å²) in [6, 6.07) is 9.55. The van der Waals surface area contributed by atoms with Crippen LogP contribution in [0.5, 0.6) is 0 Å². The first-order chi connectivity index (χ1) is 7.88. The van der Waals surface area contributed by atoms with E-state index in [2.05, 4.69) is 29.6 Å². The smallest absolute Gasteiger partial charge is 0.0556 e. The molecule has 0 heterocycles. The average Bonchev–Trinajstić information content (AvgIpc) is 3.11. The monoisotopic (exact) mass is 237 g/mol. The van der Waals surface area contributed by atoms with E-state index in [9.17, 15) is 0 Å². The number of methoxy groups -OCH3 is 1. The van der Waals surface area contributed by atoms with Gasteiger partial charge in [-0.1, -0.05) is 12.1 Å². The molecule has 0 amide bonds. The van der Waals surface area contributed by atoms with Crippen molar-refractivity contribution in [3.8, 4) is 0 Å². The SMILES string of the molecule is COCCSc1cccc(CNC2CC2)c1. The molecule has 88 valence electrons. The Balaban J connectivity index is 1.80. The van der Waals surface area contributed by atoms with Gasteiger partial charge in [0.2, 0.25) is 0 Å². The first-order valence-corrected chi connectivity index (χ1v) is 6.81. The molecule has 1 fully saturated rings. The minimum atomic E-state index is 0.782. The van der Waals surface area contributed by atoms with Crippen LogP contribution >= 0.6 is 11.8 Å². The van der Waals surface area contributed by atoms with Gasteiger partial charge in [0.15, 0.2) is 0 Å². The summed E-state index contributed by atoms with van der Waals surface area (Å²) >= 11 is 1.86. The lowest BCUT2D eigenvalue weighted by atomic mass is 10.2. The molecule has 1 N–H and O–H groups in total. The number of rotatable bonds is 7. The van der Waals surface area contributed by atoms with Crippen molar-refractivity contribution in [3.05, 3.63) is 29.8 Å². The fourth-order valence-electron chi connectivity index (χ4n) is 1.54. The number of benzene rings is 1. The third-order valence-corrected chi connectivity index (χ3v) is 3.58. The molecule has 0 unspecified atom stereocenters. The molecule has 0 aliphatic heterocycles. The predicted molar refractivity (Wildman–Crippen MR) is 68.9 cm³/mol. The van der Waals surface area contributed by atoms with E-state index in [4.69, 9.17) is 4.74 Å². The van der Waals surface area contributed by atoms with E-state index in [1.54, 1.807) is 7.11 Å². The highest BCUT2D eigenvalue weighted by Crippen LogP contribution is 2.21. The van der Waals surface area contributed by atoms with Crippen LogP contribution in [0.4, 0.5) is 0 Å². The van der Waals surface area contributed by atoms with Crippen LogP contribution in [-0.4, -0.2) is 25.5 Å². The third-order valence-electron chi connectivity index (χ3n) is 2.63. The van der Waals surface area contributed by atoms with E-state index >= 15 is 0 Å². The quantitative estimate of drug-likeness (QED) is 0.582. The zero-order chi connectivity index (χ0) is 11.2.